The van der Waals surface area contributed by atoms with Gasteiger partial charge in [0.2, 0.25) is 5.91 Å². The van der Waals surface area contributed by atoms with Crippen molar-refractivity contribution in [1.29, 1.82) is 0 Å². The molecule has 0 aliphatic carbocycles. The molecule has 1 aliphatic rings. The van der Waals surface area contributed by atoms with Gasteiger partial charge in [0.15, 0.2) is 0 Å². The summed E-state index contributed by atoms with van der Waals surface area (Å²) in [6.45, 7) is 2.97. The summed E-state index contributed by atoms with van der Waals surface area (Å²) in [6.07, 6.45) is 3.13. The van der Waals surface area contributed by atoms with E-state index in [1.54, 1.807) is 29.3 Å². The molecule has 162 valence electrons. The van der Waals surface area contributed by atoms with Crippen molar-refractivity contribution < 1.29 is 18.7 Å². The number of fused-ring (bicyclic) bond motifs is 1. The highest BCUT2D eigenvalue weighted by Gasteiger charge is 2.31. The van der Waals surface area contributed by atoms with E-state index in [2.05, 4.69) is 10.3 Å². The van der Waals surface area contributed by atoms with Crippen molar-refractivity contribution in [3.8, 4) is 0 Å². The summed E-state index contributed by atoms with van der Waals surface area (Å²) >= 11 is 1.27. The maximum atomic E-state index is 14.5. The second kappa shape index (κ2) is 9.11. The summed E-state index contributed by atoms with van der Waals surface area (Å²) in [5.74, 6) is -0.507. The normalized spacial score (nSPS) is 16.5. The molecule has 6 nitrogen and oxygen atoms in total. The van der Waals surface area contributed by atoms with Crippen LogP contribution in [0.15, 0.2) is 36.5 Å². The van der Waals surface area contributed by atoms with E-state index in [0.717, 1.165) is 12.0 Å². The topological polar surface area (TPSA) is 71.5 Å². The molecule has 0 spiro atoms. The Morgan fingerprint density at radius 1 is 1.32 bits per heavy atom. The number of amides is 2. The molecule has 31 heavy (non-hydrogen) atoms. The summed E-state index contributed by atoms with van der Waals surface area (Å²) in [5.41, 5.74) is 1.58. The Labute approximate surface area is 184 Å². The number of methoxy groups -OCH3 is 1. The number of hydrogen-bond acceptors (Lipinski definition) is 5. The minimum absolute atomic E-state index is 0.145. The molecule has 1 atom stereocenters. The Balaban J connectivity index is 1.54. The lowest BCUT2D eigenvalue weighted by Gasteiger charge is -2.32. The molecule has 0 saturated carbocycles. The average Bonchev–Trinajstić information content (AvgIpc) is 3.15. The summed E-state index contributed by atoms with van der Waals surface area (Å²) in [4.78, 5) is 32.5. The van der Waals surface area contributed by atoms with E-state index >= 15 is 0 Å². The first-order chi connectivity index (χ1) is 15.0. The minimum atomic E-state index is -0.360. The molecule has 1 saturated heterocycles. The van der Waals surface area contributed by atoms with Crippen LogP contribution in [0.25, 0.3) is 10.1 Å². The number of thiophene rings is 1. The highest BCUT2D eigenvalue weighted by molar-refractivity contribution is 7.21. The van der Waals surface area contributed by atoms with Gasteiger partial charge in [0.25, 0.3) is 5.91 Å². The van der Waals surface area contributed by atoms with Crippen molar-refractivity contribution in [2.75, 3.05) is 25.5 Å². The summed E-state index contributed by atoms with van der Waals surface area (Å²) < 4.78 is 20.4. The highest BCUT2D eigenvalue weighted by atomic mass is 32.1. The van der Waals surface area contributed by atoms with Crippen LogP contribution in [0.1, 0.15) is 33.6 Å². The van der Waals surface area contributed by atoms with Crippen LogP contribution >= 0.6 is 11.3 Å². The molecule has 1 N–H and O–H groups in total. The predicted molar refractivity (Wildman–Crippen MR) is 119 cm³/mol. The number of piperidine rings is 1. The van der Waals surface area contributed by atoms with Gasteiger partial charge >= 0.3 is 0 Å². The molecule has 4 rings (SSSR count). The molecule has 0 bridgehead atoms. The summed E-state index contributed by atoms with van der Waals surface area (Å²) in [6, 6.07) is 8.49. The second-order valence-electron chi connectivity index (χ2n) is 7.76. The standard InChI is InChI=1S/C23H24FN3O3S/c1-14-8-9-19(25-11-14)26-22(28)15-5-4-10-27(12-15)23(29)21-16(13-30-2)20-17(24)6-3-7-18(20)31-21/h3,6-9,11,15H,4-5,10,12-13H2,1-2H3,(H,25,26,28). The molecule has 2 amide bonds. The number of nitrogens with zero attached hydrogens (tertiary/aromatic N) is 2. The maximum absolute atomic E-state index is 14.5. The van der Waals surface area contributed by atoms with Crippen LogP contribution < -0.4 is 5.32 Å². The van der Waals surface area contributed by atoms with Gasteiger partial charge in [-0.2, -0.15) is 0 Å². The number of anilines is 1. The number of pyridine rings is 1. The third-order valence-electron chi connectivity index (χ3n) is 5.49. The molecule has 1 aliphatic heterocycles. The number of ether oxygens (including phenoxy) is 1. The third kappa shape index (κ3) is 4.45. The smallest absolute Gasteiger partial charge is 0.264 e. The SMILES string of the molecule is COCc1c(C(=O)N2CCCC(C(=O)Nc3ccc(C)cn3)C2)sc2cccc(F)c12. The number of carbonyl (C=O) groups excluding carboxylic acids is 2. The van der Waals surface area contributed by atoms with E-state index in [1.165, 1.54) is 24.5 Å². The van der Waals surface area contributed by atoms with E-state index < -0.39 is 0 Å². The van der Waals surface area contributed by atoms with E-state index in [1.807, 2.05) is 13.0 Å². The zero-order valence-corrected chi connectivity index (χ0v) is 18.3. The molecule has 1 aromatic carbocycles. The van der Waals surface area contributed by atoms with E-state index in [9.17, 15) is 14.0 Å². The summed E-state index contributed by atoms with van der Waals surface area (Å²) in [7, 11) is 1.53. The first-order valence-corrected chi connectivity index (χ1v) is 11.0. The third-order valence-corrected chi connectivity index (χ3v) is 6.67. The van der Waals surface area contributed by atoms with Crippen LogP contribution in [0, 0.1) is 18.7 Å². The van der Waals surface area contributed by atoms with Crippen molar-refractivity contribution >= 4 is 39.1 Å². The van der Waals surface area contributed by atoms with E-state index in [0.29, 0.717) is 45.9 Å². The van der Waals surface area contributed by atoms with Crippen molar-refractivity contribution in [3.63, 3.8) is 0 Å². The molecular weight excluding hydrogens is 417 g/mol. The van der Waals surface area contributed by atoms with Crippen LogP contribution in [-0.2, 0) is 16.1 Å². The fourth-order valence-corrected chi connectivity index (χ4v) is 5.10. The largest absolute Gasteiger partial charge is 0.380 e. The van der Waals surface area contributed by atoms with Crippen LogP contribution in [0.5, 0.6) is 0 Å². The van der Waals surface area contributed by atoms with E-state index in [4.69, 9.17) is 4.74 Å². The van der Waals surface area contributed by atoms with Gasteiger partial charge in [-0.3, -0.25) is 9.59 Å². The Kier molecular flexibility index (Phi) is 6.29. The number of carbonyl (C=O) groups is 2. The lowest BCUT2D eigenvalue weighted by Crippen LogP contribution is -2.43. The van der Waals surface area contributed by atoms with Gasteiger partial charge in [0, 0.05) is 42.0 Å². The molecule has 8 heteroatoms. The monoisotopic (exact) mass is 441 g/mol. The number of rotatable bonds is 5. The van der Waals surface area contributed by atoms with Crippen LogP contribution in [0.4, 0.5) is 10.2 Å². The van der Waals surface area contributed by atoms with Gasteiger partial charge in [-0.25, -0.2) is 9.37 Å². The van der Waals surface area contributed by atoms with Crippen molar-refractivity contribution in [2.45, 2.75) is 26.4 Å². The number of benzene rings is 1. The minimum Gasteiger partial charge on any atom is -0.380 e. The number of halogens is 1. The number of aryl methyl sites for hydroxylation is 1. The lowest BCUT2D eigenvalue weighted by molar-refractivity contribution is -0.121. The van der Waals surface area contributed by atoms with Gasteiger partial charge in [0.05, 0.1) is 17.4 Å². The van der Waals surface area contributed by atoms with Crippen LogP contribution in [0.3, 0.4) is 0 Å². The van der Waals surface area contributed by atoms with Crippen LogP contribution in [-0.4, -0.2) is 41.9 Å². The molecule has 1 unspecified atom stereocenters. The average molecular weight is 442 g/mol. The Morgan fingerprint density at radius 2 is 2.16 bits per heavy atom. The zero-order chi connectivity index (χ0) is 22.0. The van der Waals surface area contributed by atoms with Crippen molar-refractivity contribution in [2.24, 2.45) is 5.92 Å². The first-order valence-electron chi connectivity index (χ1n) is 10.2. The van der Waals surface area contributed by atoms with Gasteiger partial charge in [-0.1, -0.05) is 12.1 Å². The second-order valence-corrected chi connectivity index (χ2v) is 8.81. The Bertz CT molecular complexity index is 1110. The Morgan fingerprint density at radius 3 is 2.90 bits per heavy atom. The first kappa shape index (κ1) is 21.4. The van der Waals surface area contributed by atoms with Crippen molar-refractivity contribution in [3.05, 3.63) is 58.3 Å². The fraction of sp³-hybridized carbons (Fsp3) is 0.348. The van der Waals surface area contributed by atoms with Crippen LogP contribution in [0.2, 0.25) is 0 Å². The molecular formula is C23H24FN3O3S. The van der Waals surface area contributed by atoms with Gasteiger partial charge in [-0.05, 0) is 43.5 Å². The number of hydrogen-bond donors (Lipinski definition) is 1. The molecule has 2 aromatic heterocycles. The molecule has 3 heterocycles. The van der Waals surface area contributed by atoms with E-state index in [-0.39, 0.29) is 30.2 Å². The van der Waals surface area contributed by atoms with Gasteiger partial charge < -0.3 is 15.0 Å². The van der Waals surface area contributed by atoms with Gasteiger partial charge in [0.1, 0.15) is 11.6 Å². The number of aromatic nitrogens is 1. The molecule has 3 aromatic rings. The fourth-order valence-electron chi connectivity index (χ4n) is 3.91. The van der Waals surface area contributed by atoms with Crippen molar-refractivity contribution in [1.82, 2.24) is 9.88 Å². The lowest BCUT2D eigenvalue weighted by atomic mass is 9.96. The number of likely N-dealkylation sites (tertiary alicyclic amines) is 1. The quantitative estimate of drug-likeness (QED) is 0.638. The highest BCUT2D eigenvalue weighted by Crippen LogP contribution is 2.35. The van der Waals surface area contributed by atoms with Gasteiger partial charge in [-0.15, -0.1) is 11.3 Å². The summed E-state index contributed by atoms with van der Waals surface area (Å²) in [5, 5.41) is 3.28. The molecule has 1 fully saturated rings. The maximum Gasteiger partial charge on any atom is 0.264 e. The predicted octanol–water partition coefficient (Wildman–Crippen LogP) is 4.38. The molecule has 0 radical (unpaired) electrons. The zero-order valence-electron chi connectivity index (χ0n) is 17.5. The Hall–Kier alpha value is -2.84. The number of nitrogens with one attached hydrogen (secondary N) is 1.